The minimum Gasteiger partial charge on any atom is -0.342 e. The Bertz CT molecular complexity index is 844. The Morgan fingerprint density at radius 2 is 1.62 bits per heavy atom. The molecule has 2 aromatic rings. The van der Waals surface area contributed by atoms with E-state index < -0.39 is 6.04 Å². The van der Waals surface area contributed by atoms with Crippen molar-refractivity contribution in [3.63, 3.8) is 0 Å². The van der Waals surface area contributed by atoms with E-state index in [0.29, 0.717) is 19.5 Å². The number of likely N-dealkylation sites (N-methyl/N-ethyl adjacent to an activating group) is 1. The number of carbonyl (C=O) groups excluding carboxylic acids is 2. The number of hydrogen-bond acceptors (Lipinski definition) is 3. The molecule has 1 unspecified atom stereocenters. The lowest BCUT2D eigenvalue weighted by Crippen LogP contribution is -2.59. The summed E-state index contributed by atoms with van der Waals surface area (Å²) in [5, 5.41) is 0. The van der Waals surface area contributed by atoms with E-state index in [2.05, 4.69) is 29.2 Å². The van der Waals surface area contributed by atoms with E-state index in [9.17, 15) is 9.59 Å². The standard InChI is InChI=1S/C24H29N3O2/c1-26-15-16-27(23(28)21-5-3-2-4-6-21)22(24(26)29)17-18-7-9-19(10-8-18)20-11-13-25-14-12-20/h7-14,21-22H,2-6,15-17H2,1H3. The van der Waals surface area contributed by atoms with Gasteiger partial charge >= 0.3 is 0 Å². The van der Waals surface area contributed by atoms with Crippen molar-refractivity contribution in [2.45, 2.75) is 44.6 Å². The van der Waals surface area contributed by atoms with Crippen LogP contribution >= 0.6 is 0 Å². The van der Waals surface area contributed by atoms with Crippen molar-refractivity contribution < 1.29 is 9.59 Å². The van der Waals surface area contributed by atoms with Gasteiger partial charge in [0.25, 0.3) is 0 Å². The number of pyridine rings is 1. The van der Waals surface area contributed by atoms with Gasteiger partial charge in [-0.2, -0.15) is 0 Å². The summed E-state index contributed by atoms with van der Waals surface area (Å²) >= 11 is 0. The maximum absolute atomic E-state index is 13.2. The second-order valence-electron chi connectivity index (χ2n) is 8.28. The molecule has 1 saturated heterocycles. The van der Waals surface area contributed by atoms with Crippen molar-refractivity contribution >= 4 is 11.8 Å². The minimum absolute atomic E-state index is 0.0543. The van der Waals surface area contributed by atoms with Crippen LogP contribution in [-0.4, -0.2) is 52.8 Å². The van der Waals surface area contributed by atoms with Gasteiger partial charge in [0, 0.05) is 44.9 Å². The van der Waals surface area contributed by atoms with Gasteiger partial charge in [-0.15, -0.1) is 0 Å². The second kappa shape index (κ2) is 8.76. The highest BCUT2D eigenvalue weighted by atomic mass is 16.2. The first kappa shape index (κ1) is 19.6. The first-order valence-electron chi connectivity index (χ1n) is 10.7. The van der Waals surface area contributed by atoms with Crippen LogP contribution in [0.1, 0.15) is 37.7 Å². The third-order valence-electron chi connectivity index (χ3n) is 6.35. The van der Waals surface area contributed by atoms with Crippen molar-refractivity contribution in [3.05, 3.63) is 54.4 Å². The van der Waals surface area contributed by atoms with Crippen LogP contribution in [0, 0.1) is 5.92 Å². The first-order valence-corrected chi connectivity index (χ1v) is 10.7. The summed E-state index contributed by atoms with van der Waals surface area (Å²) in [6.45, 7) is 1.26. The molecule has 2 heterocycles. The fourth-order valence-corrected chi connectivity index (χ4v) is 4.56. The van der Waals surface area contributed by atoms with Crippen LogP contribution in [0.4, 0.5) is 0 Å². The molecular weight excluding hydrogens is 362 g/mol. The highest BCUT2D eigenvalue weighted by molar-refractivity contribution is 5.90. The number of nitrogens with zero attached hydrogens (tertiary/aromatic N) is 3. The van der Waals surface area contributed by atoms with Crippen molar-refractivity contribution in [1.29, 1.82) is 0 Å². The van der Waals surface area contributed by atoms with E-state index in [1.807, 2.05) is 24.1 Å². The molecule has 5 nitrogen and oxygen atoms in total. The molecule has 1 atom stereocenters. The lowest BCUT2D eigenvalue weighted by Gasteiger charge is -2.41. The largest absolute Gasteiger partial charge is 0.342 e. The van der Waals surface area contributed by atoms with E-state index in [-0.39, 0.29) is 17.7 Å². The zero-order valence-corrected chi connectivity index (χ0v) is 17.1. The van der Waals surface area contributed by atoms with Gasteiger partial charge in [0.2, 0.25) is 11.8 Å². The third-order valence-corrected chi connectivity index (χ3v) is 6.35. The van der Waals surface area contributed by atoms with Gasteiger partial charge < -0.3 is 9.80 Å². The third kappa shape index (κ3) is 4.34. The topological polar surface area (TPSA) is 53.5 Å². The maximum atomic E-state index is 13.2. The van der Waals surface area contributed by atoms with E-state index in [4.69, 9.17) is 0 Å². The molecule has 2 amide bonds. The monoisotopic (exact) mass is 391 g/mol. The van der Waals surface area contributed by atoms with Crippen LogP contribution in [0.3, 0.4) is 0 Å². The number of rotatable bonds is 4. The second-order valence-corrected chi connectivity index (χ2v) is 8.28. The van der Waals surface area contributed by atoms with Crippen molar-refractivity contribution in [3.8, 4) is 11.1 Å². The van der Waals surface area contributed by atoms with E-state index in [1.165, 1.54) is 6.42 Å². The smallest absolute Gasteiger partial charge is 0.245 e. The quantitative estimate of drug-likeness (QED) is 0.801. The summed E-state index contributed by atoms with van der Waals surface area (Å²) < 4.78 is 0. The Hall–Kier alpha value is -2.69. The number of hydrogen-bond donors (Lipinski definition) is 0. The number of benzene rings is 1. The Morgan fingerprint density at radius 3 is 2.31 bits per heavy atom. The highest BCUT2D eigenvalue weighted by Crippen LogP contribution is 2.28. The van der Waals surface area contributed by atoms with E-state index in [1.54, 1.807) is 17.3 Å². The Morgan fingerprint density at radius 1 is 0.966 bits per heavy atom. The van der Waals surface area contributed by atoms with Gasteiger partial charge in [-0.05, 0) is 41.7 Å². The molecule has 1 saturated carbocycles. The normalized spacial score (nSPS) is 20.7. The zero-order valence-electron chi connectivity index (χ0n) is 17.1. The fraction of sp³-hybridized carbons (Fsp3) is 0.458. The molecule has 0 spiro atoms. The van der Waals surface area contributed by atoms with Gasteiger partial charge in [0.15, 0.2) is 0 Å². The fourth-order valence-electron chi connectivity index (χ4n) is 4.56. The summed E-state index contributed by atoms with van der Waals surface area (Å²) in [7, 11) is 1.84. The van der Waals surface area contributed by atoms with Crippen LogP contribution in [0.25, 0.3) is 11.1 Å². The maximum Gasteiger partial charge on any atom is 0.245 e. The number of piperazine rings is 1. The molecule has 0 radical (unpaired) electrons. The Labute approximate surface area is 172 Å². The molecule has 2 fully saturated rings. The summed E-state index contributed by atoms with van der Waals surface area (Å²) in [4.78, 5) is 33.8. The molecule has 0 N–H and O–H groups in total. The summed E-state index contributed by atoms with van der Waals surface area (Å²) in [6.07, 6.45) is 9.54. The minimum atomic E-state index is -0.394. The first-order chi connectivity index (χ1) is 14.1. The number of amides is 2. The SMILES string of the molecule is CN1CCN(C(=O)C2CCCCC2)C(Cc2ccc(-c3ccncc3)cc2)C1=O. The van der Waals surface area contributed by atoms with Crippen molar-refractivity contribution in [2.75, 3.05) is 20.1 Å². The molecule has 2 aliphatic rings. The summed E-state index contributed by atoms with van der Waals surface area (Å²) in [5.74, 6) is 0.333. The Kier molecular flexibility index (Phi) is 5.93. The molecule has 1 aromatic heterocycles. The molecule has 5 heteroatoms. The molecule has 29 heavy (non-hydrogen) atoms. The number of carbonyl (C=O) groups is 2. The summed E-state index contributed by atoms with van der Waals surface area (Å²) in [5.41, 5.74) is 3.32. The van der Waals surface area contributed by atoms with Crippen LogP contribution in [0.2, 0.25) is 0 Å². The van der Waals surface area contributed by atoms with Gasteiger partial charge in [0.05, 0.1) is 0 Å². The van der Waals surface area contributed by atoms with Gasteiger partial charge in [-0.25, -0.2) is 0 Å². The highest BCUT2D eigenvalue weighted by Gasteiger charge is 2.38. The average molecular weight is 392 g/mol. The van der Waals surface area contributed by atoms with Crippen molar-refractivity contribution in [2.24, 2.45) is 5.92 Å². The average Bonchev–Trinajstić information content (AvgIpc) is 2.78. The van der Waals surface area contributed by atoms with Crippen LogP contribution in [0.15, 0.2) is 48.8 Å². The Balaban J connectivity index is 1.51. The van der Waals surface area contributed by atoms with Gasteiger partial charge in [-0.1, -0.05) is 43.5 Å². The lowest BCUT2D eigenvalue weighted by molar-refractivity contribution is -0.153. The zero-order chi connectivity index (χ0) is 20.2. The summed E-state index contributed by atoms with van der Waals surface area (Å²) in [6, 6.07) is 11.9. The molecule has 1 aliphatic heterocycles. The molecular formula is C24H29N3O2. The van der Waals surface area contributed by atoms with Gasteiger partial charge in [0.1, 0.15) is 6.04 Å². The van der Waals surface area contributed by atoms with Crippen LogP contribution in [0.5, 0.6) is 0 Å². The predicted octanol–water partition coefficient (Wildman–Crippen LogP) is 3.54. The van der Waals surface area contributed by atoms with Crippen LogP contribution in [-0.2, 0) is 16.0 Å². The molecule has 4 rings (SSSR count). The lowest BCUT2D eigenvalue weighted by atomic mass is 9.87. The molecule has 152 valence electrons. The van der Waals surface area contributed by atoms with E-state index >= 15 is 0 Å². The van der Waals surface area contributed by atoms with Crippen molar-refractivity contribution in [1.82, 2.24) is 14.8 Å². The predicted molar refractivity (Wildman–Crippen MR) is 113 cm³/mol. The van der Waals surface area contributed by atoms with E-state index in [0.717, 1.165) is 42.4 Å². The molecule has 1 aromatic carbocycles. The van der Waals surface area contributed by atoms with Crippen LogP contribution < -0.4 is 0 Å². The molecule has 0 bridgehead atoms. The van der Waals surface area contributed by atoms with Gasteiger partial charge in [-0.3, -0.25) is 14.6 Å². The molecule has 1 aliphatic carbocycles. The number of aromatic nitrogens is 1.